The summed E-state index contributed by atoms with van der Waals surface area (Å²) in [6, 6.07) is 2.38. The number of rotatable bonds is 3. The summed E-state index contributed by atoms with van der Waals surface area (Å²) < 4.78 is 33.0. The zero-order valence-corrected chi connectivity index (χ0v) is 10.9. The quantitative estimate of drug-likeness (QED) is 0.869. The SMILES string of the molecule is COc1cc(F)c([C@H]2CC3NN=C(CO)N3C2)c(F)c1. The first-order valence-corrected chi connectivity index (χ1v) is 6.36. The van der Waals surface area contributed by atoms with Crippen LogP contribution < -0.4 is 10.2 Å². The second kappa shape index (κ2) is 4.90. The second-order valence-electron chi connectivity index (χ2n) is 4.92. The average Bonchev–Trinajstić information content (AvgIpc) is 2.97. The smallest absolute Gasteiger partial charge is 0.152 e. The molecule has 20 heavy (non-hydrogen) atoms. The van der Waals surface area contributed by atoms with Crippen LogP contribution in [0.3, 0.4) is 0 Å². The van der Waals surface area contributed by atoms with E-state index in [1.165, 1.54) is 19.2 Å². The third kappa shape index (κ3) is 1.98. The molecule has 1 aromatic rings. The average molecular weight is 283 g/mol. The van der Waals surface area contributed by atoms with Gasteiger partial charge in [0.2, 0.25) is 0 Å². The Bertz CT molecular complexity index is 542. The molecule has 2 aliphatic rings. The van der Waals surface area contributed by atoms with Crippen LogP contribution in [0.2, 0.25) is 0 Å². The highest BCUT2D eigenvalue weighted by atomic mass is 19.1. The molecular formula is C13H15F2N3O2. The number of methoxy groups -OCH3 is 1. The topological polar surface area (TPSA) is 57.1 Å². The van der Waals surface area contributed by atoms with Crippen molar-refractivity contribution >= 4 is 5.84 Å². The van der Waals surface area contributed by atoms with E-state index in [1.807, 2.05) is 4.90 Å². The van der Waals surface area contributed by atoms with Gasteiger partial charge in [-0.1, -0.05) is 0 Å². The molecule has 0 saturated carbocycles. The summed E-state index contributed by atoms with van der Waals surface area (Å²) in [4.78, 5) is 1.84. The van der Waals surface area contributed by atoms with Crippen LogP contribution in [0.5, 0.6) is 5.75 Å². The molecule has 2 atom stereocenters. The number of aliphatic hydroxyl groups is 1. The highest BCUT2D eigenvalue weighted by molar-refractivity contribution is 5.85. The maximum Gasteiger partial charge on any atom is 0.152 e. The zero-order valence-electron chi connectivity index (χ0n) is 10.9. The lowest BCUT2D eigenvalue weighted by Gasteiger charge is -2.17. The van der Waals surface area contributed by atoms with E-state index in [0.717, 1.165) is 0 Å². The van der Waals surface area contributed by atoms with Crippen molar-refractivity contribution in [1.82, 2.24) is 10.3 Å². The highest BCUT2D eigenvalue weighted by Crippen LogP contribution is 2.36. The number of hydrogen-bond donors (Lipinski definition) is 2. The van der Waals surface area contributed by atoms with Gasteiger partial charge in [-0.15, -0.1) is 0 Å². The van der Waals surface area contributed by atoms with Crippen molar-refractivity contribution in [2.45, 2.75) is 18.5 Å². The maximum absolute atomic E-state index is 14.1. The van der Waals surface area contributed by atoms with E-state index >= 15 is 0 Å². The summed E-state index contributed by atoms with van der Waals surface area (Å²) in [6.07, 6.45) is 0.427. The zero-order chi connectivity index (χ0) is 14.3. The summed E-state index contributed by atoms with van der Waals surface area (Å²) in [5.74, 6) is -0.814. The van der Waals surface area contributed by atoms with E-state index in [9.17, 15) is 13.9 Å². The number of nitrogens with zero attached hydrogens (tertiary/aromatic N) is 2. The predicted molar refractivity (Wildman–Crippen MR) is 68.4 cm³/mol. The van der Waals surface area contributed by atoms with E-state index in [1.54, 1.807) is 0 Å². The van der Waals surface area contributed by atoms with Crippen LogP contribution in [0.25, 0.3) is 0 Å². The fourth-order valence-corrected chi connectivity index (χ4v) is 2.86. The van der Waals surface area contributed by atoms with Crippen LogP contribution in [-0.2, 0) is 0 Å². The molecule has 0 radical (unpaired) electrons. The molecule has 3 rings (SSSR count). The largest absolute Gasteiger partial charge is 0.497 e. The van der Waals surface area contributed by atoms with Gasteiger partial charge in [-0.3, -0.25) is 5.43 Å². The molecule has 2 heterocycles. The van der Waals surface area contributed by atoms with Crippen molar-refractivity contribution in [3.8, 4) is 5.75 Å². The normalized spacial score (nSPS) is 24.4. The molecule has 1 fully saturated rings. The fraction of sp³-hybridized carbons (Fsp3) is 0.462. The molecule has 1 saturated heterocycles. The van der Waals surface area contributed by atoms with E-state index in [-0.39, 0.29) is 30.0 Å². The van der Waals surface area contributed by atoms with Gasteiger partial charge in [0.1, 0.15) is 30.2 Å². The Hall–Kier alpha value is -1.89. The number of amidine groups is 1. The molecule has 2 aliphatic heterocycles. The number of hydrogen-bond acceptors (Lipinski definition) is 5. The number of halogens is 2. The first kappa shape index (κ1) is 13.1. The van der Waals surface area contributed by atoms with Crippen molar-refractivity contribution in [3.63, 3.8) is 0 Å². The minimum atomic E-state index is -0.601. The lowest BCUT2D eigenvalue weighted by molar-refractivity contribution is 0.317. The van der Waals surface area contributed by atoms with Gasteiger partial charge in [-0.25, -0.2) is 8.78 Å². The Morgan fingerprint density at radius 1 is 1.45 bits per heavy atom. The Morgan fingerprint density at radius 2 is 2.15 bits per heavy atom. The van der Waals surface area contributed by atoms with Crippen molar-refractivity contribution in [1.29, 1.82) is 0 Å². The number of nitrogens with one attached hydrogen (secondary N) is 1. The van der Waals surface area contributed by atoms with Crippen LogP contribution >= 0.6 is 0 Å². The molecule has 0 bridgehead atoms. The lowest BCUT2D eigenvalue weighted by atomic mass is 9.96. The number of hydrazone groups is 1. The first-order valence-electron chi connectivity index (χ1n) is 6.36. The Balaban J connectivity index is 1.87. The van der Waals surface area contributed by atoms with Gasteiger partial charge in [0.15, 0.2) is 5.84 Å². The molecule has 5 nitrogen and oxygen atoms in total. The Morgan fingerprint density at radius 3 is 2.75 bits per heavy atom. The van der Waals surface area contributed by atoms with Gasteiger partial charge >= 0.3 is 0 Å². The van der Waals surface area contributed by atoms with Gasteiger partial charge in [-0.2, -0.15) is 5.10 Å². The summed E-state index contributed by atoms with van der Waals surface area (Å²) >= 11 is 0. The van der Waals surface area contributed by atoms with Crippen molar-refractivity contribution in [2.75, 3.05) is 20.3 Å². The Kier molecular flexibility index (Phi) is 3.21. The van der Waals surface area contributed by atoms with E-state index in [4.69, 9.17) is 4.74 Å². The maximum atomic E-state index is 14.1. The minimum absolute atomic E-state index is 0.0688. The van der Waals surface area contributed by atoms with Crippen molar-refractivity contribution in [2.24, 2.45) is 5.10 Å². The molecular weight excluding hydrogens is 268 g/mol. The van der Waals surface area contributed by atoms with Gasteiger partial charge < -0.3 is 14.7 Å². The summed E-state index contributed by atoms with van der Waals surface area (Å²) in [6.45, 7) is 0.237. The third-order valence-corrected chi connectivity index (χ3v) is 3.81. The van der Waals surface area contributed by atoms with Crippen LogP contribution in [0, 0.1) is 11.6 Å². The number of ether oxygens (including phenoxy) is 1. The van der Waals surface area contributed by atoms with E-state index < -0.39 is 11.6 Å². The summed E-state index contributed by atoms with van der Waals surface area (Å²) in [7, 11) is 1.37. The van der Waals surface area contributed by atoms with Gasteiger partial charge in [0.25, 0.3) is 0 Å². The second-order valence-corrected chi connectivity index (χ2v) is 4.92. The first-order chi connectivity index (χ1) is 9.63. The number of fused-ring (bicyclic) bond motifs is 1. The molecule has 108 valence electrons. The molecule has 1 aromatic carbocycles. The van der Waals surface area contributed by atoms with Crippen LogP contribution in [0.4, 0.5) is 8.78 Å². The molecule has 2 N–H and O–H groups in total. The standard InChI is InChI=1S/C13H15F2N3O2/c1-20-8-3-9(14)13(10(15)4-8)7-2-11-16-17-12(6-19)18(11)5-7/h3-4,7,11,16,19H,2,5-6H2,1H3/t7-,11?/m0/s1. The molecule has 0 amide bonds. The third-order valence-electron chi connectivity index (χ3n) is 3.81. The fourth-order valence-electron chi connectivity index (χ4n) is 2.86. The highest BCUT2D eigenvalue weighted by Gasteiger charge is 2.39. The van der Waals surface area contributed by atoms with Crippen LogP contribution in [0.15, 0.2) is 17.2 Å². The molecule has 0 aliphatic carbocycles. The Labute approximate surface area is 114 Å². The summed E-state index contributed by atoms with van der Waals surface area (Å²) in [5, 5.41) is 13.1. The van der Waals surface area contributed by atoms with Gasteiger partial charge in [0.05, 0.1) is 7.11 Å². The minimum Gasteiger partial charge on any atom is -0.497 e. The molecule has 7 heteroatoms. The van der Waals surface area contributed by atoms with Crippen molar-refractivity contribution < 1.29 is 18.6 Å². The number of benzene rings is 1. The van der Waals surface area contributed by atoms with Gasteiger partial charge in [-0.05, 0) is 6.42 Å². The van der Waals surface area contributed by atoms with E-state index in [2.05, 4.69) is 10.5 Å². The van der Waals surface area contributed by atoms with Crippen LogP contribution in [0.1, 0.15) is 17.9 Å². The molecule has 0 spiro atoms. The molecule has 0 aromatic heterocycles. The van der Waals surface area contributed by atoms with Crippen molar-refractivity contribution in [3.05, 3.63) is 29.3 Å². The lowest BCUT2D eigenvalue weighted by Crippen LogP contribution is -2.35. The molecule has 1 unspecified atom stereocenters. The van der Waals surface area contributed by atoms with E-state index in [0.29, 0.717) is 18.8 Å². The predicted octanol–water partition coefficient (Wildman–Crippen LogP) is 0.998. The van der Waals surface area contributed by atoms with Crippen LogP contribution in [-0.4, -0.2) is 42.3 Å². The number of aliphatic hydroxyl groups excluding tert-OH is 1. The monoisotopic (exact) mass is 283 g/mol. The van der Waals surface area contributed by atoms with Gasteiger partial charge in [0, 0.05) is 30.2 Å². The summed E-state index contributed by atoms with van der Waals surface area (Å²) in [5.41, 5.74) is 2.93.